The van der Waals surface area contributed by atoms with Gasteiger partial charge in [-0.25, -0.2) is 9.18 Å². The van der Waals surface area contributed by atoms with Gasteiger partial charge in [0.2, 0.25) is 0 Å². The predicted octanol–water partition coefficient (Wildman–Crippen LogP) is 5.03. The number of nitrogens with two attached hydrogens (primary N) is 1. The third-order valence-electron chi connectivity index (χ3n) is 3.72. The van der Waals surface area contributed by atoms with Crippen molar-refractivity contribution in [3.8, 4) is 10.4 Å². The summed E-state index contributed by atoms with van der Waals surface area (Å²) in [6, 6.07) is 8.55. The monoisotopic (exact) mass is 422 g/mol. The molecule has 2 aromatic carbocycles. The van der Waals surface area contributed by atoms with Gasteiger partial charge < -0.3 is 16.2 Å². The Morgan fingerprint density at radius 2 is 1.96 bits per heavy atom. The number of carboxylic acids is 1. The molecule has 0 aliphatic heterocycles. The average molecular weight is 423 g/mol. The average Bonchev–Trinajstić information content (AvgIpc) is 3.03. The highest BCUT2D eigenvalue weighted by Crippen LogP contribution is 2.37. The molecule has 0 spiro atoms. The molecule has 1 heterocycles. The van der Waals surface area contributed by atoms with E-state index in [9.17, 15) is 19.1 Å². The normalized spacial score (nSPS) is 10.6. The number of aromatic carboxylic acids is 1. The second kappa shape index (κ2) is 7.59. The summed E-state index contributed by atoms with van der Waals surface area (Å²) in [5.74, 6) is -2.43. The number of benzene rings is 2. The first kappa shape index (κ1) is 19.2. The zero-order valence-corrected chi connectivity index (χ0v) is 16.0. The molecule has 0 aliphatic carbocycles. The lowest BCUT2D eigenvalue weighted by Gasteiger charge is -2.08. The van der Waals surface area contributed by atoms with Gasteiger partial charge in [0.15, 0.2) is 0 Å². The van der Waals surface area contributed by atoms with Crippen LogP contribution in [0.5, 0.6) is 0 Å². The Labute approximate surface area is 168 Å². The molecule has 1 aromatic heterocycles. The second-order valence-electron chi connectivity index (χ2n) is 5.52. The minimum absolute atomic E-state index is 0.0640. The first-order valence-corrected chi connectivity index (χ1v) is 9.18. The Morgan fingerprint density at radius 3 is 2.59 bits per heavy atom. The summed E-state index contributed by atoms with van der Waals surface area (Å²) in [6.45, 7) is 0. The van der Waals surface area contributed by atoms with Gasteiger partial charge in [0, 0.05) is 21.5 Å². The van der Waals surface area contributed by atoms with Crippen molar-refractivity contribution in [3.05, 3.63) is 63.7 Å². The number of thiol groups is 1. The van der Waals surface area contributed by atoms with Gasteiger partial charge in [-0.15, -0.1) is 24.0 Å². The molecule has 0 atom stereocenters. The van der Waals surface area contributed by atoms with E-state index in [4.69, 9.17) is 17.3 Å². The number of carbonyl (C=O) groups excluding carboxylic acids is 1. The summed E-state index contributed by atoms with van der Waals surface area (Å²) < 4.78 is 13.7. The number of anilines is 2. The van der Waals surface area contributed by atoms with Gasteiger partial charge in [0.05, 0.1) is 15.6 Å². The van der Waals surface area contributed by atoms with Crippen LogP contribution in [0.3, 0.4) is 0 Å². The Hall–Kier alpha value is -2.55. The fraction of sp³-hybridized carbons (Fsp3) is 0. The molecule has 138 valence electrons. The van der Waals surface area contributed by atoms with Crippen molar-refractivity contribution in [2.75, 3.05) is 11.1 Å². The third kappa shape index (κ3) is 3.92. The van der Waals surface area contributed by atoms with Gasteiger partial charge in [-0.05, 0) is 35.9 Å². The molecule has 0 unspecified atom stereocenters. The molecular formula is C18H12ClFN2O3S2. The van der Waals surface area contributed by atoms with E-state index < -0.39 is 17.7 Å². The molecule has 3 aromatic rings. The summed E-state index contributed by atoms with van der Waals surface area (Å²) in [5, 5.41) is 13.6. The van der Waals surface area contributed by atoms with Crippen LogP contribution in [0.15, 0.2) is 46.7 Å². The molecule has 0 aliphatic rings. The number of thiophene rings is 1. The summed E-state index contributed by atoms with van der Waals surface area (Å²) in [4.78, 5) is 25.0. The number of amides is 1. The quantitative estimate of drug-likeness (QED) is 0.350. The van der Waals surface area contributed by atoms with Crippen LogP contribution >= 0.6 is 35.6 Å². The number of nitrogens with one attached hydrogen (secondary N) is 1. The molecule has 0 fully saturated rings. The number of hydrogen-bond acceptors (Lipinski definition) is 5. The maximum Gasteiger partial charge on any atom is 0.339 e. The number of rotatable bonds is 4. The molecule has 5 nitrogen and oxygen atoms in total. The van der Waals surface area contributed by atoms with E-state index in [-0.39, 0.29) is 21.8 Å². The highest BCUT2D eigenvalue weighted by Gasteiger charge is 2.22. The van der Waals surface area contributed by atoms with Crippen LogP contribution in [0.25, 0.3) is 10.4 Å². The summed E-state index contributed by atoms with van der Waals surface area (Å²) in [6.07, 6.45) is 0. The van der Waals surface area contributed by atoms with Crippen molar-refractivity contribution in [3.63, 3.8) is 0 Å². The van der Waals surface area contributed by atoms with Crippen LogP contribution in [0.4, 0.5) is 15.8 Å². The maximum atomic E-state index is 13.7. The van der Waals surface area contributed by atoms with Crippen LogP contribution in [0, 0.1) is 5.82 Å². The molecule has 27 heavy (non-hydrogen) atoms. The second-order valence-corrected chi connectivity index (χ2v) is 7.28. The highest BCUT2D eigenvalue weighted by molar-refractivity contribution is 7.80. The fourth-order valence-electron chi connectivity index (χ4n) is 2.40. The van der Waals surface area contributed by atoms with E-state index in [0.717, 1.165) is 17.4 Å². The van der Waals surface area contributed by atoms with E-state index in [2.05, 4.69) is 17.9 Å². The van der Waals surface area contributed by atoms with E-state index in [0.29, 0.717) is 21.0 Å². The molecule has 3 rings (SSSR count). The Morgan fingerprint density at radius 1 is 1.22 bits per heavy atom. The van der Waals surface area contributed by atoms with Gasteiger partial charge >= 0.3 is 5.97 Å². The first-order valence-electron chi connectivity index (χ1n) is 7.48. The van der Waals surface area contributed by atoms with Crippen molar-refractivity contribution in [2.45, 2.75) is 4.90 Å². The van der Waals surface area contributed by atoms with Crippen LogP contribution in [0.2, 0.25) is 5.02 Å². The molecule has 0 bridgehead atoms. The van der Waals surface area contributed by atoms with Gasteiger partial charge in [0.25, 0.3) is 5.91 Å². The Kier molecular flexibility index (Phi) is 5.41. The first-order chi connectivity index (χ1) is 12.8. The minimum atomic E-state index is -1.25. The van der Waals surface area contributed by atoms with Crippen molar-refractivity contribution in [2.24, 2.45) is 0 Å². The summed E-state index contributed by atoms with van der Waals surface area (Å²) >= 11 is 10.9. The van der Waals surface area contributed by atoms with E-state index in [1.807, 2.05) is 0 Å². The standard InChI is InChI=1S/C18H12ClFN2O3S2/c19-10-3-1-8(5-11(10)20)16-15(18(24)25)13(7-27-16)22-17(23)9-2-4-14(26)12(21)6-9/h1-7,26H,21H2,(H,22,23)(H,24,25). The number of carbonyl (C=O) groups is 2. The summed E-state index contributed by atoms with van der Waals surface area (Å²) in [7, 11) is 0. The van der Waals surface area contributed by atoms with Gasteiger partial charge in [-0.1, -0.05) is 17.7 Å². The molecule has 0 saturated heterocycles. The van der Waals surface area contributed by atoms with Crippen LogP contribution in [-0.2, 0) is 0 Å². The fourth-order valence-corrected chi connectivity index (χ4v) is 3.65. The number of halogens is 2. The van der Waals surface area contributed by atoms with Gasteiger partial charge in [-0.2, -0.15) is 0 Å². The van der Waals surface area contributed by atoms with Crippen molar-refractivity contribution in [1.29, 1.82) is 0 Å². The van der Waals surface area contributed by atoms with Crippen LogP contribution < -0.4 is 11.1 Å². The zero-order chi connectivity index (χ0) is 19.7. The molecule has 1 amide bonds. The number of nitrogen functional groups attached to an aromatic ring is 1. The topological polar surface area (TPSA) is 92.4 Å². The van der Waals surface area contributed by atoms with Crippen molar-refractivity contribution >= 4 is 58.8 Å². The predicted molar refractivity (Wildman–Crippen MR) is 108 cm³/mol. The van der Waals surface area contributed by atoms with Crippen LogP contribution in [0.1, 0.15) is 20.7 Å². The van der Waals surface area contributed by atoms with E-state index in [1.54, 1.807) is 6.07 Å². The van der Waals surface area contributed by atoms with Crippen molar-refractivity contribution in [1.82, 2.24) is 0 Å². The molecule has 0 radical (unpaired) electrons. The summed E-state index contributed by atoms with van der Waals surface area (Å²) in [5.41, 5.74) is 6.65. The maximum absolute atomic E-state index is 13.7. The molecule has 4 N–H and O–H groups in total. The molecular weight excluding hydrogens is 411 g/mol. The Balaban J connectivity index is 1.97. The minimum Gasteiger partial charge on any atom is -0.478 e. The number of hydrogen-bond donors (Lipinski definition) is 4. The van der Waals surface area contributed by atoms with Gasteiger partial charge in [0.1, 0.15) is 11.4 Å². The lowest BCUT2D eigenvalue weighted by molar-refractivity contribution is 0.0699. The number of carboxylic acid groups (broad SMARTS) is 1. The zero-order valence-electron chi connectivity index (χ0n) is 13.5. The SMILES string of the molecule is Nc1cc(C(=O)Nc2csc(-c3ccc(Cl)c(F)c3)c2C(=O)O)ccc1S. The molecule has 0 saturated carbocycles. The van der Waals surface area contributed by atoms with Gasteiger partial charge in [-0.3, -0.25) is 4.79 Å². The lowest BCUT2D eigenvalue weighted by atomic mass is 10.1. The smallest absolute Gasteiger partial charge is 0.339 e. The third-order valence-corrected chi connectivity index (χ3v) is 5.47. The Bertz CT molecular complexity index is 1070. The van der Waals surface area contributed by atoms with E-state index >= 15 is 0 Å². The van der Waals surface area contributed by atoms with Crippen LogP contribution in [-0.4, -0.2) is 17.0 Å². The largest absolute Gasteiger partial charge is 0.478 e. The molecule has 9 heteroatoms. The van der Waals surface area contributed by atoms with Crippen molar-refractivity contribution < 1.29 is 19.1 Å². The van der Waals surface area contributed by atoms with E-state index in [1.165, 1.54) is 29.6 Å². The highest BCUT2D eigenvalue weighted by atomic mass is 35.5. The lowest BCUT2D eigenvalue weighted by Crippen LogP contribution is -2.14.